The molecular weight excluding hydrogens is 647 g/mol. The summed E-state index contributed by atoms with van der Waals surface area (Å²) in [7, 11) is 0. The molecule has 0 bridgehead atoms. The summed E-state index contributed by atoms with van der Waals surface area (Å²) in [6.45, 7) is 2.00. The van der Waals surface area contributed by atoms with Crippen LogP contribution in [0.3, 0.4) is 0 Å². The number of aliphatic imine (C=N–C) groups is 1. The quantitative estimate of drug-likeness (QED) is 0.122. The fourth-order valence-electron chi connectivity index (χ4n) is 4.17. The van der Waals surface area contributed by atoms with Crippen molar-refractivity contribution >= 4 is 46.5 Å². The smallest absolute Gasteiger partial charge is 0.475 e. The van der Waals surface area contributed by atoms with Gasteiger partial charge in [0.15, 0.2) is 5.96 Å². The minimum absolute atomic E-state index is 0.0160. The number of carboxylic acids is 2. The average Bonchev–Trinajstić information content (AvgIpc) is 2.95. The SMILES string of the molecule is Cc1ccc2nc(NC(=O)Cc3ccc(F)cc3)nc(NC3CCCCC3N=C(N)N)c2c1.O=C(O)C(F)(F)F.O=C(O)C(F)(F)F. The van der Waals surface area contributed by atoms with Crippen molar-refractivity contribution in [3.63, 3.8) is 0 Å². The molecule has 1 amide bonds. The number of hydrogen-bond donors (Lipinski definition) is 6. The number of amides is 1. The molecule has 256 valence electrons. The van der Waals surface area contributed by atoms with Crippen LogP contribution in [0.25, 0.3) is 10.9 Å². The van der Waals surface area contributed by atoms with Crippen LogP contribution in [0.4, 0.5) is 42.5 Å². The van der Waals surface area contributed by atoms with Crippen LogP contribution in [0.15, 0.2) is 47.5 Å². The summed E-state index contributed by atoms with van der Waals surface area (Å²) in [6, 6.07) is 11.7. The molecule has 1 aliphatic rings. The van der Waals surface area contributed by atoms with Crippen LogP contribution >= 0.6 is 0 Å². The van der Waals surface area contributed by atoms with Gasteiger partial charge in [-0.2, -0.15) is 31.3 Å². The van der Waals surface area contributed by atoms with Crippen molar-refractivity contribution < 1.29 is 55.3 Å². The van der Waals surface area contributed by atoms with E-state index in [0.717, 1.165) is 36.6 Å². The van der Waals surface area contributed by atoms with E-state index < -0.39 is 24.3 Å². The largest absolute Gasteiger partial charge is 0.490 e. The van der Waals surface area contributed by atoms with E-state index in [0.29, 0.717) is 16.9 Å². The fourth-order valence-corrected chi connectivity index (χ4v) is 4.17. The van der Waals surface area contributed by atoms with Gasteiger partial charge in [-0.05, 0) is 49.6 Å². The molecule has 8 N–H and O–H groups in total. The zero-order valence-corrected chi connectivity index (χ0v) is 24.5. The van der Waals surface area contributed by atoms with E-state index in [4.69, 9.17) is 31.3 Å². The summed E-state index contributed by atoms with van der Waals surface area (Å²) < 4.78 is 76.6. The Morgan fingerprint density at radius 2 is 1.47 bits per heavy atom. The summed E-state index contributed by atoms with van der Waals surface area (Å²) in [6.07, 6.45) is -6.15. The molecule has 1 aliphatic carbocycles. The maximum absolute atomic E-state index is 13.1. The molecule has 2 aromatic carbocycles. The Hall–Kier alpha value is -5.23. The molecule has 0 aliphatic heterocycles. The predicted molar refractivity (Wildman–Crippen MR) is 156 cm³/mol. The van der Waals surface area contributed by atoms with Gasteiger partial charge in [-0.15, -0.1) is 0 Å². The van der Waals surface area contributed by atoms with Crippen LogP contribution in [0.2, 0.25) is 0 Å². The fraction of sp³-hybridized carbons (Fsp3) is 0.357. The summed E-state index contributed by atoms with van der Waals surface area (Å²) in [4.78, 5) is 43.9. The Kier molecular flexibility index (Phi) is 13.2. The Labute approximate surface area is 262 Å². The second-order valence-corrected chi connectivity index (χ2v) is 10.0. The van der Waals surface area contributed by atoms with Gasteiger partial charge in [0, 0.05) is 5.39 Å². The third-order valence-corrected chi connectivity index (χ3v) is 6.23. The highest BCUT2D eigenvalue weighted by Crippen LogP contribution is 2.29. The lowest BCUT2D eigenvalue weighted by Crippen LogP contribution is -2.38. The van der Waals surface area contributed by atoms with Gasteiger partial charge < -0.3 is 27.0 Å². The van der Waals surface area contributed by atoms with Crippen LogP contribution in [0.5, 0.6) is 0 Å². The minimum atomic E-state index is -5.08. The first-order chi connectivity index (χ1) is 21.8. The molecule has 2 atom stereocenters. The molecule has 0 spiro atoms. The lowest BCUT2D eigenvalue weighted by molar-refractivity contribution is -0.193. The molecule has 47 heavy (non-hydrogen) atoms. The molecule has 19 heteroatoms. The lowest BCUT2D eigenvalue weighted by atomic mass is 9.90. The van der Waals surface area contributed by atoms with E-state index in [1.54, 1.807) is 12.1 Å². The number of alkyl halides is 6. The number of carbonyl (C=O) groups is 3. The third kappa shape index (κ3) is 13.0. The lowest BCUT2D eigenvalue weighted by Gasteiger charge is -2.30. The number of aryl methyl sites for hydroxylation is 1. The van der Waals surface area contributed by atoms with Crippen molar-refractivity contribution in [2.75, 3.05) is 10.6 Å². The normalized spacial score (nSPS) is 16.0. The Balaban J connectivity index is 0.000000459. The van der Waals surface area contributed by atoms with E-state index in [9.17, 15) is 35.5 Å². The molecule has 3 aromatic rings. The Bertz CT molecular complexity index is 1550. The number of rotatable bonds is 6. The van der Waals surface area contributed by atoms with Gasteiger partial charge in [-0.1, -0.05) is 36.6 Å². The molecule has 1 aromatic heterocycles. The van der Waals surface area contributed by atoms with Crippen molar-refractivity contribution in [2.24, 2.45) is 16.5 Å². The number of halogens is 7. The Morgan fingerprint density at radius 1 is 0.915 bits per heavy atom. The molecule has 2 unspecified atom stereocenters. The van der Waals surface area contributed by atoms with Gasteiger partial charge >= 0.3 is 24.3 Å². The second kappa shape index (κ2) is 16.4. The minimum Gasteiger partial charge on any atom is -0.475 e. The Morgan fingerprint density at radius 3 is 2.00 bits per heavy atom. The van der Waals surface area contributed by atoms with Crippen LogP contribution in [-0.4, -0.2) is 68.4 Å². The van der Waals surface area contributed by atoms with E-state index in [1.807, 2.05) is 25.1 Å². The van der Waals surface area contributed by atoms with Crippen molar-refractivity contribution in [2.45, 2.75) is 63.5 Å². The van der Waals surface area contributed by atoms with E-state index in [1.165, 1.54) is 12.1 Å². The molecule has 1 fully saturated rings. The topological polar surface area (TPSA) is 206 Å². The first-order valence-corrected chi connectivity index (χ1v) is 13.5. The zero-order chi connectivity index (χ0) is 35.5. The first kappa shape index (κ1) is 38.0. The van der Waals surface area contributed by atoms with Gasteiger partial charge in [0.2, 0.25) is 11.9 Å². The monoisotopic (exact) mass is 677 g/mol. The van der Waals surface area contributed by atoms with Gasteiger partial charge in [-0.3, -0.25) is 10.1 Å². The number of carboxylic acid groups (broad SMARTS) is 2. The van der Waals surface area contributed by atoms with Crippen LogP contribution < -0.4 is 22.1 Å². The van der Waals surface area contributed by atoms with Gasteiger partial charge in [0.1, 0.15) is 11.6 Å². The van der Waals surface area contributed by atoms with E-state index in [2.05, 4.69) is 25.6 Å². The van der Waals surface area contributed by atoms with Crippen molar-refractivity contribution in [3.8, 4) is 0 Å². The molecule has 1 saturated carbocycles. The molecular formula is C28H30F7N7O5. The number of nitrogens with zero attached hydrogens (tertiary/aromatic N) is 3. The number of nitrogens with two attached hydrogens (primary N) is 2. The second-order valence-electron chi connectivity index (χ2n) is 10.0. The number of guanidine groups is 1. The number of hydrogen-bond acceptors (Lipinski definition) is 7. The first-order valence-electron chi connectivity index (χ1n) is 13.5. The summed E-state index contributed by atoms with van der Waals surface area (Å²) in [5.74, 6) is -5.23. The highest BCUT2D eigenvalue weighted by atomic mass is 19.4. The van der Waals surface area contributed by atoms with Gasteiger partial charge in [0.25, 0.3) is 0 Å². The van der Waals surface area contributed by atoms with Crippen molar-refractivity contribution in [3.05, 3.63) is 59.4 Å². The van der Waals surface area contributed by atoms with E-state index >= 15 is 0 Å². The number of aliphatic carboxylic acids is 2. The summed E-state index contributed by atoms with van der Waals surface area (Å²) in [5, 5.41) is 21.4. The number of carbonyl (C=O) groups excluding carboxylic acids is 1. The van der Waals surface area contributed by atoms with Crippen molar-refractivity contribution in [1.82, 2.24) is 9.97 Å². The standard InChI is InChI=1S/C24H28FN7O.2C2HF3O2/c1-14-6-11-18-17(12-14)22(28-19-4-2-3-5-20(19)29-23(26)27)32-24(30-18)31-21(33)13-15-7-9-16(25)10-8-15;2*3-2(4,5)1(6)7/h6-12,19-20H,2-5,13H2,1H3,(H4,26,27,29)(H2,28,30,31,32,33);2*(H,6,7). The predicted octanol–water partition coefficient (Wildman–Crippen LogP) is 4.52. The maximum atomic E-state index is 13.1. The van der Waals surface area contributed by atoms with Crippen LogP contribution in [0, 0.1) is 12.7 Å². The van der Waals surface area contributed by atoms with Gasteiger partial charge in [0.05, 0.1) is 24.0 Å². The molecule has 0 radical (unpaired) electrons. The zero-order valence-electron chi connectivity index (χ0n) is 24.5. The summed E-state index contributed by atoms with van der Waals surface area (Å²) >= 11 is 0. The number of nitrogens with one attached hydrogen (secondary N) is 2. The highest BCUT2D eigenvalue weighted by Gasteiger charge is 2.39. The van der Waals surface area contributed by atoms with Crippen LogP contribution in [0.1, 0.15) is 36.8 Å². The third-order valence-electron chi connectivity index (χ3n) is 6.23. The highest BCUT2D eigenvalue weighted by molar-refractivity contribution is 5.95. The molecule has 4 rings (SSSR count). The van der Waals surface area contributed by atoms with Crippen LogP contribution in [-0.2, 0) is 20.8 Å². The summed E-state index contributed by atoms with van der Waals surface area (Å²) in [5.41, 5.74) is 13.8. The van der Waals surface area contributed by atoms with Gasteiger partial charge in [-0.25, -0.2) is 24.0 Å². The number of aromatic nitrogens is 2. The van der Waals surface area contributed by atoms with Crippen molar-refractivity contribution in [1.29, 1.82) is 0 Å². The molecule has 0 saturated heterocycles. The number of fused-ring (bicyclic) bond motifs is 1. The molecule has 1 heterocycles. The van der Waals surface area contributed by atoms with E-state index in [-0.39, 0.29) is 42.1 Å². The molecule has 12 nitrogen and oxygen atoms in total. The number of benzene rings is 2. The maximum Gasteiger partial charge on any atom is 0.490 e. The number of anilines is 2. The average molecular weight is 678 g/mol.